The quantitative estimate of drug-likeness (QED) is 0.0385. The summed E-state index contributed by atoms with van der Waals surface area (Å²) in [6.45, 7) is 9.23. The van der Waals surface area contributed by atoms with Gasteiger partial charge in [0.25, 0.3) is 15.7 Å². The van der Waals surface area contributed by atoms with Gasteiger partial charge in [0.1, 0.15) is 43.3 Å². The Morgan fingerprint density at radius 2 is 1.68 bits per heavy atom. The minimum absolute atomic E-state index is 0.0305. The van der Waals surface area contributed by atoms with Gasteiger partial charge in [-0.25, -0.2) is 19.4 Å². The number of nitrogens with two attached hydrogens (primary N) is 1. The minimum Gasteiger partial charge on any atom is -0.479 e. The standard InChI is InChI=1S/C51H62N6O19S/c1-7-51(69)31-18-35-39-29(19-57(35)46(64)30(31)21-73-49(51)67)27(28-10-8-9-11-33(28)53-39)14-15-56(24(4)5)50(68)74-20-26-12-13-34(37(17-26)75-48-42(61)40(59)41(60)43(76-48)47(65)66)54-44(62)25(6)16-36(58)38(23(2)3)55-45(63)32(52)22-77(70,71)72/h8-13,17-18,23-25,32,38,40-43,48,59-61,69H,7,14-16,19-22,52H2,1-6H3,(H,54,62)(H,55,63)(H,65,66)(H,70,71,72)/t25-,32+,38+,40+,41+,42-,43+,48-,51+/m1/s1. The van der Waals surface area contributed by atoms with Crippen LogP contribution >= 0.6 is 0 Å². The first-order chi connectivity index (χ1) is 36.1. The summed E-state index contributed by atoms with van der Waals surface area (Å²) in [6.07, 6.45) is -11.2. The fourth-order valence-electron chi connectivity index (χ4n) is 9.51. The van der Waals surface area contributed by atoms with Crippen LogP contribution in [0.4, 0.5) is 10.5 Å². The van der Waals surface area contributed by atoms with Crippen LogP contribution in [0.2, 0.25) is 0 Å². The molecule has 7 rings (SSSR count). The van der Waals surface area contributed by atoms with Crippen molar-refractivity contribution in [3.05, 3.63) is 86.7 Å². The average Bonchev–Trinajstić information content (AvgIpc) is 3.77. The number of carbonyl (C=O) groups excluding carboxylic acids is 5. The number of Topliss-reactive ketones (excluding diaryl/α,β-unsaturated/α-hetero) is 1. The van der Waals surface area contributed by atoms with Gasteiger partial charge in [-0.05, 0) is 68.0 Å². The summed E-state index contributed by atoms with van der Waals surface area (Å²) in [5, 5.41) is 58.5. The molecule has 3 aliphatic heterocycles. The third-order valence-electron chi connectivity index (χ3n) is 13.9. The molecule has 0 spiro atoms. The smallest absolute Gasteiger partial charge is 0.410 e. The molecule has 1 saturated heterocycles. The number of fused-ring (bicyclic) bond motifs is 5. The Morgan fingerprint density at radius 1 is 0.974 bits per heavy atom. The Kier molecular flexibility index (Phi) is 17.2. The van der Waals surface area contributed by atoms with Crippen LogP contribution in [0.5, 0.6) is 5.75 Å². The molecule has 0 unspecified atom stereocenters. The summed E-state index contributed by atoms with van der Waals surface area (Å²) < 4.78 is 55.5. The van der Waals surface area contributed by atoms with E-state index in [1.807, 2.05) is 24.3 Å². The molecule has 416 valence electrons. The Hall–Kier alpha value is -6.91. The molecule has 25 nitrogen and oxygen atoms in total. The van der Waals surface area contributed by atoms with Gasteiger partial charge in [0.15, 0.2) is 17.5 Å². The monoisotopic (exact) mass is 1090 g/mol. The molecular formula is C51H62N6O19S. The molecule has 10 N–H and O–H groups in total. The van der Waals surface area contributed by atoms with E-state index in [1.54, 1.807) is 40.7 Å². The molecule has 4 aromatic rings. The number of aromatic nitrogens is 2. The topological polar surface area (TPSA) is 383 Å². The molecule has 5 heterocycles. The number of ether oxygens (including phenoxy) is 4. The molecule has 0 radical (unpaired) electrons. The fourth-order valence-corrected chi connectivity index (χ4v) is 10.1. The summed E-state index contributed by atoms with van der Waals surface area (Å²) >= 11 is 0. The molecule has 2 aromatic carbocycles. The van der Waals surface area contributed by atoms with E-state index in [0.29, 0.717) is 22.5 Å². The number of hydrogen-bond donors (Lipinski definition) is 9. The highest BCUT2D eigenvalue weighted by atomic mass is 32.2. The second-order valence-corrected chi connectivity index (χ2v) is 21.5. The number of ketones is 1. The van der Waals surface area contributed by atoms with Gasteiger partial charge in [-0.2, -0.15) is 8.42 Å². The van der Waals surface area contributed by atoms with Crippen molar-refractivity contribution in [1.82, 2.24) is 19.8 Å². The fraction of sp³-hybridized carbons (Fsp3) is 0.490. The van der Waals surface area contributed by atoms with Crippen molar-refractivity contribution in [3.63, 3.8) is 0 Å². The molecule has 2 aromatic heterocycles. The SMILES string of the molecule is CC[C@@]1(O)C(=O)OCc2c1cc1n(c2=O)Cc2c-1nc1ccccc1c2CCN(C(=O)OCc1ccc(NC(=O)[C@H](C)CC(=O)[C@@H](NC(=O)[C@@H](N)CS(=O)(=O)O)C(C)C)c(O[C@@H]2O[C@H](C(=O)O)[C@@H](O)[C@H](O)[C@H]2O)c1)C(C)C. The number of rotatable bonds is 20. The van der Waals surface area contributed by atoms with Crippen LogP contribution < -0.4 is 26.7 Å². The maximum atomic E-state index is 14.0. The predicted octanol–water partition coefficient (Wildman–Crippen LogP) is 0.830. The van der Waals surface area contributed by atoms with Crippen molar-refractivity contribution in [2.75, 3.05) is 17.6 Å². The van der Waals surface area contributed by atoms with E-state index in [1.165, 1.54) is 34.6 Å². The first kappa shape index (κ1) is 57.8. The number of benzene rings is 2. The molecular weight excluding hydrogens is 1030 g/mol. The highest BCUT2D eigenvalue weighted by Crippen LogP contribution is 2.41. The largest absolute Gasteiger partial charge is 0.479 e. The molecule has 0 aliphatic carbocycles. The zero-order valence-corrected chi connectivity index (χ0v) is 43.7. The lowest BCUT2D eigenvalue weighted by Crippen LogP contribution is -2.61. The number of nitrogens with one attached hydrogen (secondary N) is 2. The molecule has 9 atom stereocenters. The number of esters is 1. The van der Waals surface area contributed by atoms with Crippen molar-refractivity contribution < 1.29 is 86.2 Å². The third-order valence-corrected chi connectivity index (χ3v) is 14.7. The van der Waals surface area contributed by atoms with E-state index in [-0.39, 0.29) is 60.7 Å². The zero-order valence-electron chi connectivity index (χ0n) is 42.9. The Labute approximate surface area is 441 Å². The van der Waals surface area contributed by atoms with E-state index in [2.05, 4.69) is 10.6 Å². The van der Waals surface area contributed by atoms with Crippen LogP contribution in [0, 0.1) is 11.8 Å². The van der Waals surface area contributed by atoms with Crippen LogP contribution in [0.15, 0.2) is 53.3 Å². The summed E-state index contributed by atoms with van der Waals surface area (Å²) in [5.74, 6) is -8.09. The lowest BCUT2D eigenvalue weighted by atomic mass is 9.86. The van der Waals surface area contributed by atoms with Crippen LogP contribution in [0.1, 0.15) is 82.2 Å². The summed E-state index contributed by atoms with van der Waals surface area (Å²) in [5.41, 5.74) is 6.59. The van der Waals surface area contributed by atoms with Gasteiger partial charge in [-0.1, -0.05) is 52.0 Å². The molecule has 26 heteroatoms. The maximum absolute atomic E-state index is 14.0. The van der Waals surface area contributed by atoms with Gasteiger partial charge in [0, 0.05) is 41.4 Å². The highest BCUT2D eigenvalue weighted by Gasteiger charge is 2.49. The molecule has 0 saturated carbocycles. The van der Waals surface area contributed by atoms with E-state index >= 15 is 0 Å². The number of cyclic esters (lactones) is 1. The third kappa shape index (κ3) is 12.1. The van der Waals surface area contributed by atoms with Crippen LogP contribution in [0.3, 0.4) is 0 Å². The van der Waals surface area contributed by atoms with Crippen LogP contribution in [0.25, 0.3) is 22.3 Å². The van der Waals surface area contributed by atoms with Crippen molar-refractivity contribution in [2.24, 2.45) is 17.6 Å². The summed E-state index contributed by atoms with van der Waals surface area (Å²) in [6, 6.07) is 9.63. The van der Waals surface area contributed by atoms with Crippen LogP contribution in [-0.2, 0) is 80.1 Å². The molecule has 3 aliphatic rings. The van der Waals surface area contributed by atoms with Crippen molar-refractivity contribution in [1.29, 1.82) is 0 Å². The number of carboxylic acid groups (broad SMARTS) is 1. The minimum atomic E-state index is -4.63. The number of amides is 3. The summed E-state index contributed by atoms with van der Waals surface area (Å²) in [4.78, 5) is 99.0. The van der Waals surface area contributed by atoms with Gasteiger partial charge in [0.05, 0.1) is 46.5 Å². The van der Waals surface area contributed by atoms with Crippen molar-refractivity contribution >= 4 is 62.3 Å². The molecule has 0 bridgehead atoms. The number of aliphatic hydroxyl groups excluding tert-OH is 3. The molecule has 3 amide bonds. The van der Waals surface area contributed by atoms with Crippen molar-refractivity contribution in [2.45, 2.75) is 135 Å². The number of hydrogen-bond acceptors (Lipinski definition) is 19. The number of anilines is 1. The van der Waals surface area contributed by atoms with E-state index in [9.17, 15) is 67.5 Å². The maximum Gasteiger partial charge on any atom is 0.410 e. The van der Waals surface area contributed by atoms with E-state index in [0.717, 1.165) is 10.9 Å². The number of nitrogens with zero attached hydrogens (tertiary/aromatic N) is 3. The predicted molar refractivity (Wildman–Crippen MR) is 270 cm³/mol. The number of pyridine rings is 2. The number of aliphatic carboxylic acids is 1. The second kappa shape index (κ2) is 23.0. The van der Waals surface area contributed by atoms with Gasteiger partial charge >= 0.3 is 18.0 Å². The first-order valence-corrected chi connectivity index (χ1v) is 26.3. The van der Waals surface area contributed by atoms with Gasteiger partial charge in [0.2, 0.25) is 18.1 Å². The normalized spacial score (nSPS) is 22.0. The van der Waals surface area contributed by atoms with E-state index in [4.69, 9.17) is 34.2 Å². The lowest BCUT2D eigenvalue weighted by molar-refractivity contribution is -0.271. The molecule has 77 heavy (non-hydrogen) atoms. The van der Waals surface area contributed by atoms with Crippen LogP contribution in [-0.4, -0.2) is 150 Å². The number of para-hydroxylation sites is 1. The average molecular weight is 1100 g/mol. The number of carbonyl (C=O) groups is 6. The van der Waals surface area contributed by atoms with Crippen molar-refractivity contribution in [3.8, 4) is 17.1 Å². The number of aliphatic hydroxyl groups is 4. The highest BCUT2D eigenvalue weighted by molar-refractivity contribution is 7.85. The Bertz CT molecular complexity index is 3170. The lowest BCUT2D eigenvalue weighted by Gasteiger charge is -2.38. The van der Waals surface area contributed by atoms with Gasteiger partial charge < -0.3 is 70.3 Å². The molecule has 1 fully saturated rings. The summed E-state index contributed by atoms with van der Waals surface area (Å²) in [7, 11) is -4.63. The van der Waals surface area contributed by atoms with Gasteiger partial charge in [-0.3, -0.25) is 23.7 Å². The second-order valence-electron chi connectivity index (χ2n) is 20.0. The number of carboxylic acids is 1. The Morgan fingerprint density at radius 3 is 2.32 bits per heavy atom. The van der Waals surface area contributed by atoms with E-state index < -0.39 is 136 Å². The Balaban J connectivity index is 1.11. The zero-order chi connectivity index (χ0) is 56.6. The first-order valence-electron chi connectivity index (χ1n) is 24.7. The van der Waals surface area contributed by atoms with Gasteiger partial charge in [-0.15, -0.1) is 0 Å².